The topological polar surface area (TPSA) is 76.2 Å². The van der Waals surface area contributed by atoms with E-state index in [1.807, 2.05) is 0 Å². The molecular formula is C12H13NO4. The third kappa shape index (κ3) is 2.00. The Balaban J connectivity index is 2.49. The van der Waals surface area contributed by atoms with Crippen LogP contribution in [-0.4, -0.2) is 23.3 Å². The first-order valence-corrected chi connectivity index (χ1v) is 5.60. The average molecular weight is 235 g/mol. The molecule has 0 spiro atoms. The van der Waals surface area contributed by atoms with Gasteiger partial charge in [0, 0.05) is 18.2 Å². The Morgan fingerprint density at radius 2 is 2.18 bits per heavy atom. The number of ether oxygens (including phenoxy) is 1. The normalized spacial score (nSPS) is 14.3. The van der Waals surface area contributed by atoms with Crippen LogP contribution in [0.1, 0.15) is 46.2 Å². The number of carbonyl (C=O) groups excluding carboxylic acids is 2. The van der Waals surface area contributed by atoms with E-state index in [-0.39, 0.29) is 23.4 Å². The fraction of sp³-hybridized carbons (Fsp3) is 0.417. The second-order valence-electron chi connectivity index (χ2n) is 3.88. The van der Waals surface area contributed by atoms with Gasteiger partial charge in [0.1, 0.15) is 5.56 Å². The number of nitrogens with one attached hydrogen (secondary N) is 1. The molecular weight excluding hydrogens is 222 g/mol. The molecule has 5 nitrogen and oxygen atoms in total. The van der Waals surface area contributed by atoms with Crippen molar-refractivity contribution in [3.8, 4) is 0 Å². The van der Waals surface area contributed by atoms with Gasteiger partial charge in [0.2, 0.25) is 0 Å². The molecule has 0 unspecified atom stereocenters. The molecule has 0 saturated heterocycles. The summed E-state index contributed by atoms with van der Waals surface area (Å²) in [5.41, 5.74) is 0.339. The van der Waals surface area contributed by atoms with E-state index in [0.29, 0.717) is 30.5 Å². The fourth-order valence-corrected chi connectivity index (χ4v) is 1.97. The van der Waals surface area contributed by atoms with Gasteiger partial charge in [0.05, 0.1) is 12.3 Å². The number of hydrogen-bond donors (Lipinski definition) is 1. The predicted molar refractivity (Wildman–Crippen MR) is 60.3 cm³/mol. The summed E-state index contributed by atoms with van der Waals surface area (Å²) < 4.78 is 4.78. The van der Waals surface area contributed by atoms with Crippen LogP contribution in [0.5, 0.6) is 0 Å². The number of aromatic nitrogens is 1. The van der Waals surface area contributed by atoms with E-state index >= 15 is 0 Å². The van der Waals surface area contributed by atoms with Gasteiger partial charge >= 0.3 is 5.97 Å². The second-order valence-corrected chi connectivity index (χ2v) is 3.88. The van der Waals surface area contributed by atoms with Crippen LogP contribution in [0, 0.1) is 0 Å². The highest BCUT2D eigenvalue weighted by molar-refractivity contribution is 5.97. The first-order chi connectivity index (χ1) is 8.15. The number of aromatic amines is 1. The number of rotatable bonds is 2. The first-order valence-electron chi connectivity index (χ1n) is 5.60. The van der Waals surface area contributed by atoms with E-state index in [1.54, 1.807) is 6.92 Å². The first kappa shape index (κ1) is 11.6. The highest BCUT2D eigenvalue weighted by Crippen LogP contribution is 2.16. The summed E-state index contributed by atoms with van der Waals surface area (Å²) in [7, 11) is 0. The van der Waals surface area contributed by atoms with Crippen LogP contribution in [0.15, 0.2) is 11.0 Å². The van der Waals surface area contributed by atoms with Gasteiger partial charge < -0.3 is 9.72 Å². The Kier molecular flexibility index (Phi) is 3.08. The number of H-pyrrole nitrogens is 1. The molecule has 0 amide bonds. The highest BCUT2D eigenvalue weighted by Gasteiger charge is 2.24. The van der Waals surface area contributed by atoms with Crippen molar-refractivity contribution in [1.29, 1.82) is 0 Å². The van der Waals surface area contributed by atoms with Crippen molar-refractivity contribution in [2.75, 3.05) is 6.61 Å². The summed E-state index contributed by atoms with van der Waals surface area (Å²) >= 11 is 0. The number of ketones is 1. The van der Waals surface area contributed by atoms with Crippen molar-refractivity contribution in [2.24, 2.45) is 0 Å². The third-order valence-corrected chi connectivity index (χ3v) is 2.79. The Bertz CT molecular complexity index is 530. The van der Waals surface area contributed by atoms with E-state index in [2.05, 4.69) is 4.98 Å². The molecule has 1 aromatic rings. The van der Waals surface area contributed by atoms with Gasteiger partial charge in [-0.25, -0.2) is 4.79 Å². The van der Waals surface area contributed by atoms with Crippen LogP contribution in [0.2, 0.25) is 0 Å². The maximum absolute atomic E-state index is 12.0. The molecule has 1 aliphatic carbocycles. The molecule has 1 aromatic heterocycles. The number of Topliss-reactive ketones (excluding diaryl/α,β-unsaturated/α-hetero) is 1. The summed E-state index contributed by atoms with van der Waals surface area (Å²) in [6.07, 6.45) is 2.90. The molecule has 90 valence electrons. The van der Waals surface area contributed by atoms with Crippen molar-refractivity contribution < 1.29 is 14.3 Å². The molecule has 5 heteroatoms. The van der Waals surface area contributed by atoms with Crippen LogP contribution in [0.3, 0.4) is 0 Å². The van der Waals surface area contributed by atoms with Crippen LogP contribution < -0.4 is 5.43 Å². The van der Waals surface area contributed by atoms with Crippen molar-refractivity contribution in [3.05, 3.63) is 33.2 Å². The highest BCUT2D eigenvalue weighted by atomic mass is 16.5. The van der Waals surface area contributed by atoms with Gasteiger partial charge in [0.15, 0.2) is 11.2 Å². The Morgan fingerprint density at radius 3 is 2.88 bits per heavy atom. The number of pyridine rings is 1. The van der Waals surface area contributed by atoms with E-state index in [0.717, 1.165) is 0 Å². The second kappa shape index (κ2) is 4.53. The minimum Gasteiger partial charge on any atom is -0.462 e. The Labute approximate surface area is 97.8 Å². The minimum atomic E-state index is -0.644. The van der Waals surface area contributed by atoms with Gasteiger partial charge in [-0.1, -0.05) is 0 Å². The molecule has 0 fully saturated rings. The van der Waals surface area contributed by atoms with Gasteiger partial charge in [-0.05, 0) is 19.8 Å². The van der Waals surface area contributed by atoms with Crippen LogP contribution in [0.25, 0.3) is 0 Å². The predicted octanol–water partition coefficient (Wildman–Crippen LogP) is 1.07. The smallest absolute Gasteiger partial charge is 0.343 e. The lowest BCUT2D eigenvalue weighted by Crippen LogP contribution is -2.27. The summed E-state index contributed by atoms with van der Waals surface area (Å²) in [4.78, 5) is 37.8. The van der Waals surface area contributed by atoms with Crippen molar-refractivity contribution in [2.45, 2.75) is 26.2 Å². The molecule has 0 radical (unpaired) electrons. The Morgan fingerprint density at radius 1 is 1.41 bits per heavy atom. The van der Waals surface area contributed by atoms with Gasteiger partial charge in [-0.2, -0.15) is 0 Å². The molecule has 0 aliphatic heterocycles. The summed E-state index contributed by atoms with van der Waals surface area (Å²) in [5.74, 6) is -0.715. The zero-order valence-corrected chi connectivity index (χ0v) is 9.54. The largest absolute Gasteiger partial charge is 0.462 e. The molecule has 0 aromatic carbocycles. The molecule has 1 N–H and O–H groups in total. The van der Waals surface area contributed by atoms with Crippen LogP contribution >= 0.6 is 0 Å². The number of esters is 1. The van der Waals surface area contributed by atoms with Gasteiger partial charge in [0.25, 0.3) is 0 Å². The summed E-state index contributed by atoms with van der Waals surface area (Å²) in [6.45, 7) is 1.89. The zero-order valence-electron chi connectivity index (χ0n) is 9.54. The van der Waals surface area contributed by atoms with E-state index < -0.39 is 5.97 Å². The summed E-state index contributed by atoms with van der Waals surface area (Å²) in [6, 6.07) is 0. The number of fused-ring (bicyclic) bond motifs is 1. The molecule has 2 rings (SSSR count). The molecule has 0 atom stereocenters. The van der Waals surface area contributed by atoms with Crippen LogP contribution in [-0.2, 0) is 11.2 Å². The maximum atomic E-state index is 12.0. The lowest BCUT2D eigenvalue weighted by Gasteiger charge is -2.14. The van der Waals surface area contributed by atoms with Crippen molar-refractivity contribution in [3.63, 3.8) is 0 Å². The Hall–Kier alpha value is -1.91. The van der Waals surface area contributed by atoms with E-state index in [1.165, 1.54) is 6.20 Å². The van der Waals surface area contributed by atoms with E-state index in [4.69, 9.17) is 4.74 Å². The average Bonchev–Trinajstić information content (AvgIpc) is 2.31. The quantitative estimate of drug-likeness (QED) is 0.778. The monoisotopic (exact) mass is 235 g/mol. The van der Waals surface area contributed by atoms with Crippen molar-refractivity contribution in [1.82, 2.24) is 4.98 Å². The minimum absolute atomic E-state index is 0.0275. The molecule has 0 saturated carbocycles. The maximum Gasteiger partial charge on any atom is 0.343 e. The van der Waals surface area contributed by atoms with Gasteiger partial charge in [-0.3, -0.25) is 9.59 Å². The molecule has 1 aliphatic rings. The molecule has 1 heterocycles. The number of hydrogen-bond acceptors (Lipinski definition) is 4. The molecule has 17 heavy (non-hydrogen) atoms. The zero-order chi connectivity index (χ0) is 12.4. The SMILES string of the molecule is CCOC(=O)c1c[nH]c2c(c1=O)CCCC2=O. The number of carbonyl (C=O) groups is 2. The standard InChI is InChI=1S/C12H13NO4/c1-2-17-12(16)8-6-13-10-7(11(8)15)4-3-5-9(10)14/h6H,2-5H2,1H3,(H,13,15). The summed E-state index contributed by atoms with van der Waals surface area (Å²) in [5, 5.41) is 0. The van der Waals surface area contributed by atoms with Crippen LogP contribution in [0.4, 0.5) is 0 Å². The lowest BCUT2D eigenvalue weighted by molar-refractivity contribution is 0.0523. The van der Waals surface area contributed by atoms with Gasteiger partial charge in [-0.15, -0.1) is 0 Å². The molecule has 0 bridgehead atoms. The third-order valence-electron chi connectivity index (χ3n) is 2.79. The fourth-order valence-electron chi connectivity index (χ4n) is 1.97. The lowest BCUT2D eigenvalue weighted by atomic mass is 9.93. The van der Waals surface area contributed by atoms with Crippen molar-refractivity contribution >= 4 is 11.8 Å². The van der Waals surface area contributed by atoms with E-state index in [9.17, 15) is 14.4 Å².